The van der Waals surface area contributed by atoms with Crippen molar-refractivity contribution in [3.63, 3.8) is 0 Å². The van der Waals surface area contributed by atoms with Gasteiger partial charge in [0.25, 0.3) is 5.91 Å². The summed E-state index contributed by atoms with van der Waals surface area (Å²) in [5.41, 5.74) is 3.61. The maximum atomic E-state index is 12.3. The highest BCUT2D eigenvalue weighted by Crippen LogP contribution is 2.36. The molecule has 7 heteroatoms. The van der Waals surface area contributed by atoms with Crippen molar-refractivity contribution in [2.45, 2.75) is 57.0 Å². The maximum absolute atomic E-state index is 12.3. The molecule has 172 valence electrons. The number of nitrogens with one attached hydrogen (secondary N) is 3. The molecule has 1 aliphatic carbocycles. The predicted octanol–water partition coefficient (Wildman–Crippen LogP) is 4.38. The van der Waals surface area contributed by atoms with Gasteiger partial charge in [-0.05, 0) is 55.0 Å². The Labute approximate surface area is 195 Å². The molecule has 1 saturated carbocycles. The van der Waals surface area contributed by atoms with E-state index in [9.17, 15) is 4.79 Å². The van der Waals surface area contributed by atoms with Crippen LogP contribution in [0.25, 0.3) is 11.1 Å². The molecule has 1 aliphatic heterocycles. The molecule has 3 N–H and O–H groups in total. The molecule has 0 saturated heterocycles. The Balaban J connectivity index is 1.48. The van der Waals surface area contributed by atoms with Gasteiger partial charge < -0.3 is 20.7 Å². The minimum Gasteiger partial charge on any atom is -0.383 e. The number of carbonyl (C=O) groups is 1. The monoisotopic (exact) mass is 456 g/mol. The number of halogens is 1. The summed E-state index contributed by atoms with van der Waals surface area (Å²) in [7, 11) is 1.73. The van der Waals surface area contributed by atoms with E-state index in [4.69, 9.17) is 16.3 Å². The van der Waals surface area contributed by atoms with E-state index >= 15 is 0 Å². The highest BCUT2D eigenvalue weighted by molar-refractivity contribution is 6.33. The number of benzene rings is 1. The predicted molar refractivity (Wildman–Crippen MR) is 130 cm³/mol. The lowest BCUT2D eigenvalue weighted by atomic mass is 9.78. The van der Waals surface area contributed by atoms with Crippen molar-refractivity contribution in [1.82, 2.24) is 15.6 Å². The maximum Gasteiger partial charge on any atom is 0.251 e. The van der Waals surface area contributed by atoms with Gasteiger partial charge in [0.05, 0.1) is 11.6 Å². The van der Waals surface area contributed by atoms with E-state index in [-0.39, 0.29) is 11.3 Å². The normalized spacial score (nSPS) is 22.2. The Morgan fingerprint density at radius 1 is 1.16 bits per heavy atom. The molecule has 6 nitrogen and oxygen atoms in total. The Kier molecular flexibility index (Phi) is 7.03. The second kappa shape index (κ2) is 9.77. The Hall–Kier alpha value is -2.15. The molecular weight excluding hydrogens is 424 g/mol. The number of anilines is 1. The molecule has 0 atom stereocenters. The van der Waals surface area contributed by atoms with Crippen LogP contribution >= 0.6 is 11.6 Å². The molecular formula is C25H33ClN4O2. The van der Waals surface area contributed by atoms with Crippen LogP contribution < -0.4 is 16.0 Å². The number of nitrogens with zero attached hydrogens (tertiary/aromatic N) is 1. The average Bonchev–Trinajstić information content (AvgIpc) is 2.79. The minimum absolute atomic E-state index is 0.0126. The molecule has 0 unspecified atom stereocenters. The highest BCUT2D eigenvalue weighted by Gasteiger charge is 2.31. The van der Waals surface area contributed by atoms with Crippen molar-refractivity contribution in [2.75, 3.05) is 32.1 Å². The van der Waals surface area contributed by atoms with Crippen LogP contribution in [-0.4, -0.2) is 49.8 Å². The quantitative estimate of drug-likeness (QED) is 0.539. The first kappa shape index (κ1) is 23.0. The van der Waals surface area contributed by atoms with E-state index in [1.165, 1.54) is 0 Å². The summed E-state index contributed by atoms with van der Waals surface area (Å²) >= 11 is 6.55. The zero-order valence-corrected chi connectivity index (χ0v) is 19.9. The Morgan fingerprint density at radius 2 is 1.91 bits per heavy atom. The fourth-order valence-electron chi connectivity index (χ4n) is 4.72. The number of aromatic nitrogens is 1. The van der Waals surface area contributed by atoms with Crippen LogP contribution in [-0.2, 0) is 10.2 Å². The average molecular weight is 457 g/mol. The number of carbonyl (C=O) groups excluding carboxylic acids is 1. The number of ether oxygens (including phenoxy) is 1. The van der Waals surface area contributed by atoms with Crippen LogP contribution in [0.15, 0.2) is 30.5 Å². The lowest BCUT2D eigenvalue weighted by Gasteiger charge is -2.33. The summed E-state index contributed by atoms with van der Waals surface area (Å²) < 4.78 is 5.12. The van der Waals surface area contributed by atoms with Crippen molar-refractivity contribution >= 4 is 23.3 Å². The number of amides is 1. The summed E-state index contributed by atoms with van der Waals surface area (Å²) in [4.78, 5) is 16.8. The standard InChI is InChI=1S/C25H33ClN4O2/c1-25(2)15-29-24(31)19-9-4-16(12-21(19)25)20-13-23(28-14-22(20)26)30-18-7-5-17(6-8-18)27-10-11-32-3/h4,9,12-14,17-18,27H,5-8,10-11,15H2,1-3H3,(H,28,30)(H,29,31). The van der Waals surface area contributed by atoms with Crippen LogP contribution in [0.1, 0.15) is 55.5 Å². The Morgan fingerprint density at radius 3 is 2.66 bits per heavy atom. The zero-order valence-electron chi connectivity index (χ0n) is 19.1. The molecule has 2 aliphatic rings. The van der Waals surface area contributed by atoms with Crippen molar-refractivity contribution in [3.8, 4) is 11.1 Å². The summed E-state index contributed by atoms with van der Waals surface area (Å²) in [5, 5.41) is 10.8. The molecule has 1 amide bonds. The van der Waals surface area contributed by atoms with Gasteiger partial charge >= 0.3 is 0 Å². The van der Waals surface area contributed by atoms with E-state index < -0.39 is 0 Å². The van der Waals surface area contributed by atoms with Gasteiger partial charge in [-0.1, -0.05) is 31.5 Å². The van der Waals surface area contributed by atoms with Gasteiger partial charge in [-0.15, -0.1) is 0 Å². The Bertz CT molecular complexity index is 970. The molecule has 1 aromatic heterocycles. The van der Waals surface area contributed by atoms with Gasteiger partial charge in [-0.25, -0.2) is 4.98 Å². The zero-order chi connectivity index (χ0) is 22.7. The third-order valence-corrected chi connectivity index (χ3v) is 6.97. The largest absolute Gasteiger partial charge is 0.383 e. The summed E-state index contributed by atoms with van der Waals surface area (Å²) in [6.45, 7) is 6.58. The van der Waals surface area contributed by atoms with Gasteiger partial charge in [0.15, 0.2) is 0 Å². The van der Waals surface area contributed by atoms with Crippen LogP contribution in [0.4, 0.5) is 5.82 Å². The van der Waals surface area contributed by atoms with Crippen LogP contribution in [0, 0.1) is 0 Å². The molecule has 2 aromatic rings. The summed E-state index contributed by atoms with van der Waals surface area (Å²) in [5.74, 6) is 0.830. The number of hydrogen-bond donors (Lipinski definition) is 3. The summed E-state index contributed by atoms with van der Waals surface area (Å²) in [6.07, 6.45) is 6.21. The van der Waals surface area contributed by atoms with Crippen molar-refractivity contribution in [2.24, 2.45) is 0 Å². The van der Waals surface area contributed by atoms with E-state index in [1.54, 1.807) is 13.3 Å². The fraction of sp³-hybridized carbons (Fsp3) is 0.520. The van der Waals surface area contributed by atoms with E-state index in [1.807, 2.05) is 18.2 Å². The second-order valence-electron chi connectivity index (χ2n) is 9.52. The van der Waals surface area contributed by atoms with E-state index in [0.29, 0.717) is 23.7 Å². The van der Waals surface area contributed by atoms with Gasteiger partial charge in [0, 0.05) is 55.0 Å². The van der Waals surface area contributed by atoms with Crippen LogP contribution in [0.5, 0.6) is 0 Å². The number of pyridine rings is 1. The fourth-order valence-corrected chi connectivity index (χ4v) is 4.93. The topological polar surface area (TPSA) is 75.3 Å². The van der Waals surface area contributed by atoms with Crippen molar-refractivity contribution in [1.29, 1.82) is 0 Å². The third-order valence-electron chi connectivity index (χ3n) is 6.67. The number of methoxy groups -OCH3 is 1. The third kappa shape index (κ3) is 5.08. The molecule has 1 aromatic carbocycles. The van der Waals surface area contributed by atoms with Gasteiger partial charge in [-0.2, -0.15) is 0 Å². The van der Waals surface area contributed by atoms with E-state index in [0.717, 1.165) is 66.9 Å². The minimum atomic E-state index is -0.129. The first-order valence-corrected chi connectivity index (χ1v) is 11.8. The van der Waals surface area contributed by atoms with E-state index in [2.05, 4.69) is 40.8 Å². The number of rotatable bonds is 7. The molecule has 0 radical (unpaired) electrons. The van der Waals surface area contributed by atoms with Crippen molar-refractivity contribution < 1.29 is 9.53 Å². The number of fused-ring (bicyclic) bond motifs is 1. The molecule has 0 spiro atoms. The van der Waals surface area contributed by atoms with Gasteiger partial charge in [-0.3, -0.25) is 4.79 Å². The lowest BCUT2D eigenvalue weighted by molar-refractivity contribution is 0.0930. The molecule has 4 rings (SSSR count). The molecule has 2 heterocycles. The number of hydrogen-bond acceptors (Lipinski definition) is 5. The second-order valence-corrected chi connectivity index (χ2v) is 9.92. The highest BCUT2D eigenvalue weighted by atomic mass is 35.5. The van der Waals surface area contributed by atoms with Crippen LogP contribution in [0.2, 0.25) is 5.02 Å². The SMILES string of the molecule is COCCNC1CCC(Nc2cc(-c3ccc4c(c3)C(C)(C)CNC4=O)c(Cl)cn2)CC1. The van der Waals surface area contributed by atoms with Gasteiger partial charge in [0.2, 0.25) is 0 Å². The molecule has 32 heavy (non-hydrogen) atoms. The first-order valence-electron chi connectivity index (χ1n) is 11.4. The smallest absolute Gasteiger partial charge is 0.251 e. The molecule has 0 bridgehead atoms. The lowest BCUT2D eigenvalue weighted by Crippen LogP contribution is -2.43. The van der Waals surface area contributed by atoms with Gasteiger partial charge in [0.1, 0.15) is 5.82 Å². The first-order chi connectivity index (χ1) is 15.4. The summed E-state index contributed by atoms with van der Waals surface area (Å²) in [6, 6.07) is 8.99. The molecule has 1 fully saturated rings. The van der Waals surface area contributed by atoms with Crippen molar-refractivity contribution in [3.05, 3.63) is 46.6 Å². The van der Waals surface area contributed by atoms with Crippen LogP contribution in [0.3, 0.4) is 0 Å².